The highest BCUT2D eigenvalue weighted by Crippen LogP contribution is 2.31. The molecule has 0 radical (unpaired) electrons. The Hall–Kier alpha value is -2.53. The molecule has 1 aliphatic heterocycles. The molecule has 4 rings (SSSR count). The van der Waals surface area contributed by atoms with Crippen LogP contribution < -0.4 is 4.74 Å². The standard InChI is InChI=1S/C20H20ClN3O2/c1-26-19-7-6-14(21)10-15(19)20(25)24-9-3-4-13(12-24)17-11-18-16(23-17)5-2-8-22-18/h2,5-8,10-11,13,23H,3-4,9,12H2,1H3/t13-/m0/s1. The summed E-state index contributed by atoms with van der Waals surface area (Å²) in [6.45, 7) is 1.41. The van der Waals surface area contributed by atoms with Gasteiger partial charge in [0.1, 0.15) is 5.75 Å². The highest BCUT2D eigenvalue weighted by Gasteiger charge is 2.28. The van der Waals surface area contributed by atoms with E-state index in [1.54, 1.807) is 31.5 Å². The van der Waals surface area contributed by atoms with Crippen molar-refractivity contribution < 1.29 is 9.53 Å². The Kier molecular flexibility index (Phi) is 4.55. The van der Waals surface area contributed by atoms with E-state index in [0.29, 0.717) is 22.9 Å². The minimum Gasteiger partial charge on any atom is -0.496 e. The van der Waals surface area contributed by atoms with Gasteiger partial charge in [0.05, 0.1) is 23.7 Å². The van der Waals surface area contributed by atoms with E-state index in [4.69, 9.17) is 16.3 Å². The van der Waals surface area contributed by atoms with E-state index in [9.17, 15) is 4.79 Å². The first-order chi connectivity index (χ1) is 12.7. The van der Waals surface area contributed by atoms with Crippen molar-refractivity contribution in [3.05, 3.63) is 58.9 Å². The third-order valence-electron chi connectivity index (χ3n) is 4.95. The van der Waals surface area contributed by atoms with Gasteiger partial charge in [-0.25, -0.2) is 0 Å². The number of aromatic amines is 1. The van der Waals surface area contributed by atoms with Gasteiger partial charge in [-0.3, -0.25) is 9.78 Å². The zero-order chi connectivity index (χ0) is 18.1. The van der Waals surface area contributed by atoms with Gasteiger partial charge in [-0.2, -0.15) is 0 Å². The molecule has 1 aliphatic rings. The number of pyridine rings is 1. The number of piperidine rings is 1. The first kappa shape index (κ1) is 16.9. The smallest absolute Gasteiger partial charge is 0.257 e. The molecular weight excluding hydrogens is 350 g/mol. The van der Waals surface area contributed by atoms with Crippen LogP contribution in [0.1, 0.15) is 34.8 Å². The van der Waals surface area contributed by atoms with Crippen molar-refractivity contribution in [2.24, 2.45) is 0 Å². The first-order valence-corrected chi connectivity index (χ1v) is 9.10. The molecule has 1 aromatic carbocycles. The molecule has 1 N–H and O–H groups in total. The highest BCUT2D eigenvalue weighted by molar-refractivity contribution is 6.31. The predicted octanol–water partition coefficient (Wildman–Crippen LogP) is 4.24. The van der Waals surface area contributed by atoms with Crippen LogP contribution >= 0.6 is 11.6 Å². The maximum atomic E-state index is 13.0. The molecule has 0 bridgehead atoms. The van der Waals surface area contributed by atoms with Crippen molar-refractivity contribution in [2.75, 3.05) is 20.2 Å². The number of carbonyl (C=O) groups excluding carboxylic acids is 1. The lowest BCUT2D eigenvalue weighted by Crippen LogP contribution is -2.39. The van der Waals surface area contributed by atoms with Gasteiger partial charge >= 0.3 is 0 Å². The van der Waals surface area contributed by atoms with E-state index in [2.05, 4.69) is 16.0 Å². The number of methoxy groups -OCH3 is 1. The maximum absolute atomic E-state index is 13.0. The van der Waals surface area contributed by atoms with Gasteiger partial charge in [-0.15, -0.1) is 0 Å². The van der Waals surface area contributed by atoms with Gasteiger partial charge in [0, 0.05) is 35.9 Å². The molecule has 26 heavy (non-hydrogen) atoms. The minimum atomic E-state index is -0.0386. The number of rotatable bonds is 3. The van der Waals surface area contributed by atoms with Gasteiger partial charge < -0.3 is 14.6 Å². The number of fused-ring (bicyclic) bond motifs is 1. The summed E-state index contributed by atoms with van der Waals surface area (Å²) in [7, 11) is 1.57. The fourth-order valence-corrected chi connectivity index (χ4v) is 3.80. The van der Waals surface area contributed by atoms with E-state index >= 15 is 0 Å². The van der Waals surface area contributed by atoms with Gasteiger partial charge in [-0.05, 0) is 49.2 Å². The van der Waals surface area contributed by atoms with Crippen LogP contribution in [0.3, 0.4) is 0 Å². The Bertz CT molecular complexity index is 920. The number of halogens is 1. The van der Waals surface area contributed by atoms with E-state index in [0.717, 1.165) is 36.1 Å². The second-order valence-corrected chi connectivity index (χ2v) is 7.03. The monoisotopic (exact) mass is 369 g/mol. The van der Waals surface area contributed by atoms with Crippen LogP contribution in [0.25, 0.3) is 11.0 Å². The van der Waals surface area contributed by atoms with E-state index in [-0.39, 0.29) is 11.8 Å². The lowest BCUT2D eigenvalue weighted by Gasteiger charge is -2.32. The van der Waals surface area contributed by atoms with Crippen LogP contribution in [-0.4, -0.2) is 41.0 Å². The summed E-state index contributed by atoms with van der Waals surface area (Å²) in [4.78, 5) is 22.8. The van der Waals surface area contributed by atoms with Crippen molar-refractivity contribution in [2.45, 2.75) is 18.8 Å². The Morgan fingerprint density at radius 2 is 2.23 bits per heavy atom. The predicted molar refractivity (Wildman–Crippen MR) is 102 cm³/mol. The molecule has 0 saturated carbocycles. The number of carbonyl (C=O) groups is 1. The molecule has 1 saturated heterocycles. The molecule has 0 aliphatic carbocycles. The quantitative estimate of drug-likeness (QED) is 0.751. The van der Waals surface area contributed by atoms with E-state index in [1.807, 2.05) is 17.0 Å². The van der Waals surface area contributed by atoms with Crippen LogP contribution in [0.5, 0.6) is 5.75 Å². The maximum Gasteiger partial charge on any atom is 0.257 e. The van der Waals surface area contributed by atoms with Crippen LogP contribution in [0.4, 0.5) is 0 Å². The summed E-state index contributed by atoms with van der Waals surface area (Å²) in [5.41, 5.74) is 3.64. The van der Waals surface area contributed by atoms with Crippen LogP contribution in [0, 0.1) is 0 Å². The molecule has 5 nitrogen and oxygen atoms in total. The van der Waals surface area contributed by atoms with Gasteiger partial charge in [0.25, 0.3) is 5.91 Å². The zero-order valence-corrected chi connectivity index (χ0v) is 15.3. The van der Waals surface area contributed by atoms with Gasteiger partial charge in [0.15, 0.2) is 0 Å². The second kappa shape index (κ2) is 7.00. The Balaban J connectivity index is 1.58. The molecule has 1 fully saturated rings. The average Bonchev–Trinajstić information content (AvgIpc) is 3.12. The molecule has 1 atom stereocenters. The number of amides is 1. The Morgan fingerprint density at radius 1 is 1.35 bits per heavy atom. The summed E-state index contributed by atoms with van der Waals surface area (Å²) < 4.78 is 5.34. The third kappa shape index (κ3) is 3.15. The normalized spacial score (nSPS) is 17.5. The largest absolute Gasteiger partial charge is 0.496 e. The molecular formula is C20H20ClN3O2. The van der Waals surface area contributed by atoms with Crippen molar-refractivity contribution >= 4 is 28.5 Å². The van der Waals surface area contributed by atoms with Crippen LogP contribution in [-0.2, 0) is 0 Å². The molecule has 3 aromatic rings. The number of hydrogen-bond acceptors (Lipinski definition) is 3. The zero-order valence-electron chi connectivity index (χ0n) is 14.5. The Morgan fingerprint density at radius 3 is 3.04 bits per heavy atom. The number of likely N-dealkylation sites (tertiary alicyclic amines) is 1. The SMILES string of the molecule is COc1ccc(Cl)cc1C(=O)N1CCC[C@H](c2cc3ncccc3[nH]2)C1. The molecule has 6 heteroatoms. The molecule has 134 valence electrons. The first-order valence-electron chi connectivity index (χ1n) is 8.72. The van der Waals surface area contributed by atoms with Crippen LogP contribution in [0.15, 0.2) is 42.6 Å². The van der Waals surface area contributed by atoms with Crippen LogP contribution in [0.2, 0.25) is 5.02 Å². The fraction of sp³-hybridized carbons (Fsp3) is 0.300. The average molecular weight is 370 g/mol. The van der Waals surface area contributed by atoms with Crippen molar-refractivity contribution in [1.82, 2.24) is 14.9 Å². The number of nitrogens with zero attached hydrogens (tertiary/aromatic N) is 2. The van der Waals surface area contributed by atoms with E-state index in [1.165, 1.54) is 0 Å². The van der Waals surface area contributed by atoms with Crippen molar-refractivity contribution in [3.8, 4) is 5.75 Å². The lowest BCUT2D eigenvalue weighted by atomic mass is 9.94. The molecule has 0 unspecified atom stereocenters. The highest BCUT2D eigenvalue weighted by atomic mass is 35.5. The summed E-state index contributed by atoms with van der Waals surface area (Å²) in [5.74, 6) is 0.784. The topological polar surface area (TPSA) is 58.2 Å². The fourth-order valence-electron chi connectivity index (χ4n) is 3.63. The summed E-state index contributed by atoms with van der Waals surface area (Å²) in [6.07, 6.45) is 3.80. The number of aromatic nitrogens is 2. The number of hydrogen-bond donors (Lipinski definition) is 1. The number of ether oxygens (including phenoxy) is 1. The number of nitrogens with one attached hydrogen (secondary N) is 1. The molecule has 3 heterocycles. The molecule has 2 aromatic heterocycles. The third-order valence-corrected chi connectivity index (χ3v) is 5.19. The van der Waals surface area contributed by atoms with Crippen molar-refractivity contribution in [3.63, 3.8) is 0 Å². The molecule has 0 spiro atoms. The number of H-pyrrole nitrogens is 1. The summed E-state index contributed by atoms with van der Waals surface area (Å²) >= 11 is 6.09. The summed E-state index contributed by atoms with van der Waals surface area (Å²) in [6, 6.07) is 11.2. The van der Waals surface area contributed by atoms with E-state index < -0.39 is 0 Å². The summed E-state index contributed by atoms with van der Waals surface area (Å²) in [5, 5.41) is 0.532. The van der Waals surface area contributed by atoms with Gasteiger partial charge in [-0.1, -0.05) is 11.6 Å². The minimum absolute atomic E-state index is 0.0386. The number of benzene rings is 1. The molecule has 1 amide bonds. The second-order valence-electron chi connectivity index (χ2n) is 6.60. The lowest BCUT2D eigenvalue weighted by molar-refractivity contribution is 0.0702. The Labute approximate surface area is 156 Å². The van der Waals surface area contributed by atoms with Crippen molar-refractivity contribution in [1.29, 1.82) is 0 Å². The van der Waals surface area contributed by atoms with Gasteiger partial charge in [0.2, 0.25) is 0 Å².